The molecule has 4 heteroatoms. The maximum absolute atomic E-state index is 9.43. The quantitative estimate of drug-likeness (QED) is 0.800. The zero-order valence-corrected chi connectivity index (χ0v) is 13.2. The third kappa shape index (κ3) is 3.11. The van der Waals surface area contributed by atoms with Crippen molar-refractivity contribution in [2.24, 2.45) is 5.41 Å². The van der Waals surface area contributed by atoms with Crippen molar-refractivity contribution < 1.29 is 5.11 Å². The molecule has 22 heavy (non-hydrogen) atoms. The van der Waals surface area contributed by atoms with E-state index >= 15 is 0 Å². The second kappa shape index (κ2) is 5.44. The summed E-state index contributed by atoms with van der Waals surface area (Å²) in [5.41, 5.74) is 3.13. The van der Waals surface area contributed by atoms with Gasteiger partial charge in [-0.15, -0.1) is 0 Å². The molecule has 2 heterocycles. The van der Waals surface area contributed by atoms with Crippen LogP contribution in [0.25, 0.3) is 11.2 Å². The first-order chi connectivity index (χ1) is 10.4. The second-order valence-electron chi connectivity index (χ2n) is 6.86. The van der Waals surface area contributed by atoms with Gasteiger partial charge in [0.15, 0.2) is 5.65 Å². The van der Waals surface area contributed by atoms with Crippen molar-refractivity contribution >= 4 is 11.2 Å². The largest absolute Gasteiger partial charge is 0.508 e. The normalized spacial score (nSPS) is 12.0. The zero-order valence-electron chi connectivity index (χ0n) is 13.2. The fourth-order valence-electron chi connectivity index (χ4n) is 2.56. The minimum atomic E-state index is 0.161. The van der Waals surface area contributed by atoms with Gasteiger partial charge in [0.1, 0.15) is 17.1 Å². The number of fused-ring (bicyclic) bond motifs is 1. The molecule has 0 bridgehead atoms. The van der Waals surface area contributed by atoms with Crippen molar-refractivity contribution in [3.05, 3.63) is 54.0 Å². The van der Waals surface area contributed by atoms with Crippen LogP contribution in [0, 0.1) is 5.41 Å². The molecule has 3 rings (SSSR count). The Bertz CT molecular complexity index is 782. The fraction of sp³-hybridized carbons (Fsp3) is 0.333. The fourth-order valence-corrected chi connectivity index (χ4v) is 2.56. The molecule has 0 saturated carbocycles. The first-order valence-electron chi connectivity index (χ1n) is 7.50. The molecule has 0 amide bonds. The number of imidazole rings is 1. The lowest BCUT2D eigenvalue weighted by atomic mass is 9.92. The van der Waals surface area contributed by atoms with E-state index in [9.17, 15) is 5.11 Å². The third-order valence-electron chi connectivity index (χ3n) is 3.55. The summed E-state index contributed by atoms with van der Waals surface area (Å²) in [6.45, 7) is 7.35. The van der Waals surface area contributed by atoms with Crippen LogP contribution in [0.4, 0.5) is 0 Å². The SMILES string of the molecule is CC(C)(C)Cc1nc2cccnc2n1Cc1ccc(O)cc1. The van der Waals surface area contributed by atoms with E-state index in [-0.39, 0.29) is 11.2 Å². The molecule has 0 spiro atoms. The minimum absolute atomic E-state index is 0.161. The summed E-state index contributed by atoms with van der Waals surface area (Å²) >= 11 is 0. The van der Waals surface area contributed by atoms with Crippen molar-refractivity contribution in [3.63, 3.8) is 0 Å². The second-order valence-corrected chi connectivity index (χ2v) is 6.86. The summed E-state index contributed by atoms with van der Waals surface area (Å²) in [5.74, 6) is 1.33. The monoisotopic (exact) mass is 295 g/mol. The number of hydrogen-bond donors (Lipinski definition) is 1. The van der Waals surface area contributed by atoms with E-state index in [4.69, 9.17) is 4.98 Å². The van der Waals surface area contributed by atoms with Gasteiger partial charge in [-0.25, -0.2) is 9.97 Å². The summed E-state index contributed by atoms with van der Waals surface area (Å²) in [6.07, 6.45) is 2.69. The molecule has 0 aliphatic carbocycles. The van der Waals surface area contributed by atoms with Gasteiger partial charge in [0.25, 0.3) is 0 Å². The maximum atomic E-state index is 9.43. The molecule has 0 radical (unpaired) electrons. The highest BCUT2D eigenvalue weighted by Crippen LogP contribution is 2.24. The number of nitrogens with zero attached hydrogens (tertiary/aromatic N) is 3. The lowest BCUT2D eigenvalue weighted by Crippen LogP contribution is -2.15. The van der Waals surface area contributed by atoms with Crippen LogP contribution >= 0.6 is 0 Å². The van der Waals surface area contributed by atoms with Gasteiger partial charge in [0.05, 0.1) is 6.54 Å². The standard InChI is InChI=1S/C18H21N3O/c1-18(2,3)11-16-20-15-5-4-10-19-17(15)21(16)12-13-6-8-14(22)9-7-13/h4-10,22H,11-12H2,1-3H3. The third-order valence-corrected chi connectivity index (χ3v) is 3.55. The molecule has 2 aromatic heterocycles. The Hall–Kier alpha value is -2.36. The van der Waals surface area contributed by atoms with E-state index in [0.29, 0.717) is 6.54 Å². The molecule has 0 unspecified atom stereocenters. The lowest BCUT2D eigenvalue weighted by molar-refractivity contribution is 0.394. The van der Waals surface area contributed by atoms with Crippen LogP contribution in [0.1, 0.15) is 32.2 Å². The van der Waals surface area contributed by atoms with Crippen LogP contribution < -0.4 is 0 Å². The van der Waals surface area contributed by atoms with E-state index in [1.807, 2.05) is 24.3 Å². The number of aromatic hydroxyl groups is 1. The Morgan fingerprint density at radius 3 is 2.50 bits per heavy atom. The Balaban J connectivity index is 2.05. The molecule has 1 aromatic carbocycles. The molecule has 4 nitrogen and oxygen atoms in total. The number of aromatic nitrogens is 3. The summed E-state index contributed by atoms with van der Waals surface area (Å²) in [4.78, 5) is 9.26. The van der Waals surface area contributed by atoms with Gasteiger partial charge in [0.2, 0.25) is 0 Å². The van der Waals surface area contributed by atoms with Crippen LogP contribution in [0.2, 0.25) is 0 Å². The molecule has 0 fully saturated rings. The Morgan fingerprint density at radius 2 is 1.82 bits per heavy atom. The summed E-state index contributed by atoms with van der Waals surface area (Å²) < 4.78 is 2.17. The first kappa shape index (κ1) is 14.6. The van der Waals surface area contributed by atoms with Crippen molar-refractivity contribution in [1.29, 1.82) is 0 Å². The van der Waals surface area contributed by atoms with Gasteiger partial charge in [-0.2, -0.15) is 0 Å². The lowest BCUT2D eigenvalue weighted by Gasteiger charge is -2.18. The van der Waals surface area contributed by atoms with Gasteiger partial charge >= 0.3 is 0 Å². The molecule has 0 aliphatic heterocycles. The molecule has 3 aromatic rings. The summed E-state index contributed by atoms with van der Waals surface area (Å²) in [7, 11) is 0. The van der Waals surface area contributed by atoms with Crippen molar-refractivity contribution in [2.75, 3.05) is 0 Å². The Morgan fingerprint density at radius 1 is 1.09 bits per heavy atom. The van der Waals surface area contributed by atoms with Crippen LogP contribution in [0.3, 0.4) is 0 Å². The molecular weight excluding hydrogens is 274 g/mol. The summed E-state index contributed by atoms with van der Waals surface area (Å²) in [6, 6.07) is 11.2. The highest BCUT2D eigenvalue weighted by atomic mass is 16.3. The molecule has 0 atom stereocenters. The number of benzene rings is 1. The van der Waals surface area contributed by atoms with Crippen LogP contribution in [-0.2, 0) is 13.0 Å². The predicted molar refractivity (Wildman–Crippen MR) is 87.9 cm³/mol. The van der Waals surface area contributed by atoms with Gasteiger partial charge in [-0.1, -0.05) is 32.9 Å². The Kier molecular flexibility index (Phi) is 3.61. The van der Waals surface area contributed by atoms with E-state index in [1.54, 1.807) is 18.3 Å². The molecular formula is C18H21N3O. The highest BCUT2D eigenvalue weighted by molar-refractivity contribution is 5.71. The van der Waals surface area contributed by atoms with Gasteiger partial charge in [-0.3, -0.25) is 0 Å². The van der Waals surface area contributed by atoms with E-state index in [0.717, 1.165) is 29.0 Å². The van der Waals surface area contributed by atoms with Gasteiger partial charge in [-0.05, 0) is 35.2 Å². The summed E-state index contributed by atoms with van der Waals surface area (Å²) in [5, 5.41) is 9.43. The zero-order chi connectivity index (χ0) is 15.7. The minimum Gasteiger partial charge on any atom is -0.508 e. The van der Waals surface area contributed by atoms with Crippen molar-refractivity contribution in [1.82, 2.24) is 14.5 Å². The molecule has 114 valence electrons. The first-order valence-corrected chi connectivity index (χ1v) is 7.50. The molecule has 1 N–H and O–H groups in total. The van der Waals surface area contributed by atoms with Crippen LogP contribution in [0.15, 0.2) is 42.6 Å². The maximum Gasteiger partial charge on any atom is 0.160 e. The molecule has 0 aliphatic rings. The van der Waals surface area contributed by atoms with Crippen molar-refractivity contribution in [3.8, 4) is 5.75 Å². The van der Waals surface area contributed by atoms with Gasteiger partial charge < -0.3 is 9.67 Å². The van der Waals surface area contributed by atoms with E-state index in [1.165, 1.54) is 0 Å². The number of pyridine rings is 1. The predicted octanol–water partition coefficient (Wildman–Crippen LogP) is 3.77. The topological polar surface area (TPSA) is 50.9 Å². The van der Waals surface area contributed by atoms with E-state index in [2.05, 4.69) is 30.3 Å². The average molecular weight is 295 g/mol. The van der Waals surface area contributed by atoms with Crippen molar-refractivity contribution in [2.45, 2.75) is 33.7 Å². The average Bonchev–Trinajstić information content (AvgIpc) is 2.77. The highest BCUT2D eigenvalue weighted by Gasteiger charge is 2.18. The number of phenolic OH excluding ortho intramolecular Hbond substituents is 1. The smallest absolute Gasteiger partial charge is 0.160 e. The van der Waals surface area contributed by atoms with Crippen LogP contribution in [0.5, 0.6) is 5.75 Å². The van der Waals surface area contributed by atoms with E-state index < -0.39 is 0 Å². The number of rotatable bonds is 3. The number of hydrogen-bond acceptors (Lipinski definition) is 3. The van der Waals surface area contributed by atoms with Crippen LogP contribution in [-0.4, -0.2) is 19.6 Å². The number of phenols is 1. The molecule has 0 saturated heterocycles. The van der Waals surface area contributed by atoms with Gasteiger partial charge in [0, 0.05) is 12.6 Å². The Labute approximate surface area is 130 Å².